The molecule has 0 bridgehead atoms. The van der Waals surface area contributed by atoms with E-state index in [1.807, 2.05) is 11.8 Å². The third-order valence-electron chi connectivity index (χ3n) is 6.13. The van der Waals surface area contributed by atoms with Crippen molar-refractivity contribution in [3.63, 3.8) is 0 Å². The van der Waals surface area contributed by atoms with E-state index in [0.29, 0.717) is 12.7 Å². The predicted octanol–water partition coefficient (Wildman–Crippen LogP) is 3.50. The fourth-order valence-electron chi connectivity index (χ4n) is 4.83. The average molecular weight is 377 g/mol. The molecule has 0 aliphatic carbocycles. The summed E-state index contributed by atoms with van der Waals surface area (Å²) in [6.07, 6.45) is 7.44. The van der Waals surface area contributed by atoms with E-state index in [9.17, 15) is 0 Å². The first-order valence-electron chi connectivity index (χ1n) is 10.1. The molecule has 0 aromatic heterocycles. The molecule has 0 spiro atoms. The smallest absolute Gasteiger partial charge is 0.231 e. The van der Waals surface area contributed by atoms with E-state index in [0.717, 1.165) is 30.0 Å². The molecule has 3 atom stereocenters. The highest BCUT2D eigenvalue weighted by molar-refractivity contribution is 7.98. The van der Waals surface area contributed by atoms with Crippen molar-refractivity contribution in [2.45, 2.75) is 44.7 Å². The number of hydrogen-bond acceptors (Lipinski definition) is 5. The third kappa shape index (κ3) is 4.15. The van der Waals surface area contributed by atoms with E-state index >= 15 is 0 Å². The van der Waals surface area contributed by atoms with Crippen molar-refractivity contribution in [2.24, 2.45) is 5.92 Å². The first-order chi connectivity index (χ1) is 12.7. The Balaban J connectivity index is 1.37. The van der Waals surface area contributed by atoms with Crippen LogP contribution >= 0.6 is 11.8 Å². The molecule has 0 radical (unpaired) electrons. The van der Waals surface area contributed by atoms with E-state index in [4.69, 9.17) is 9.47 Å². The number of hydrogen-bond donors (Lipinski definition) is 0. The van der Waals surface area contributed by atoms with Gasteiger partial charge in [0.05, 0.1) is 0 Å². The Morgan fingerprint density at radius 1 is 1.23 bits per heavy atom. The molecule has 4 rings (SSSR count). The van der Waals surface area contributed by atoms with Crippen LogP contribution < -0.4 is 9.47 Å². The number of nitrogens with zero attached hydrogens (tertiary/aromatic N) is 2. The summed E-state index contributed by atoms with van der Waals surface area (Å²) in [5, 5.41) is 0. The summed E-state index contributed by atoms with van der Waals surface area (Å²) in [6, 6.07) is 7.96. The summed E-state index contributed by atoms with van der Waals surface area (Å²) in [6.45, 7) is 7.83. The molecule has 1 aromatic rings. The van der Waals surface area contributed by atoms with Gasteiger partial charge in [-0.1, -0.05) is 13.0 Å². The molecular formula is C21H32N2O2S. The zero-order valence-corrected chi connectivity index (χ0v) is 17.0. The van der Waals surface area contributed by atoms with Crippen molar-refractivity contribution in [1.29, 1.82) is 0 Å². The van der Waals surface area contributed by atoms with Crippen LogP contribution in [0.4, 0.5) is 0 Å². The van der Waals surface area contributed by atoms with Gasteiger partial charge in [0, 0.05) is 31.7 Å². The third-order valence-corrected chi connectivity index (χ3v) is 6.77. The minimum absolute atomic E-state index is 0.358. The van der Waals surface area contributed by atoms with Crippen molar-refractivity contribution in [1.82, 2.24) is 9.80 Å². The highest BCUT2D eigenvalue weighted by Gasteiger charge is 2.36. The lowest BCUT2D eigenvalue weighted by Crippen LogP contribution is -2.57. The van der Waals surface area contributed by atoms with Crippen LogP contribution in [0.2, 0.25) is 0 Å². The van der Waals surface area contributed by atoms with Gasteiger partial charge >= 0.3 is 0 Å². The van der Waals surface area contributed by atoms with Crippen molar-refractivity contribution < 1.29 is 9.47 Å². The molecule has 144 valence electrons. The maximum Gasteiger partial charge on any atom is 0.231 e. The lowest BCUT2D eigenvalue weighted by atomic mass is 9.97. The molecule has 5 heteroatoms. The minimum atomic E-state index is 0.358. The van der Waals surface area contributed by atoms with Crippen LogP contribution in [0.15, 0.2) is 18.2 Å². The Morgan fingerprint density at radius 3 is 3.00 bits per heavy atom. The van der Waals surface area contributed by atoms with Gasteiger partial charge in [0.15, 0.2) is 11.5 Å². The van der Waals surface area contributed by atoms with Crippen molar-refractivity contribution in [3.8, 4) is 11.5 Å². The first-order valence-corrected chi connectivity index (χ1v) is 11.5. The van der Waals surface area contributed by atoms with Gasteiger partial charge in [-0.05, 0) is 67.9 Å². The Morgan fingerprint density at radius 2 is 2.12 bits per heavy atom. The summed E-state index contributed by atoms with van der Waals surface area (Å²) < 4.78 is 11.0. The number of piperazine rings is 1. The number of benzene rings is 1. The van der Waals surface area contributed by atoms with Gasteiger partial charge in [-0.3, -0.25) is 9.80 Å². The molecule has 3 aliphatic rings. The Hall–Kier alpha value is -0.910. The van der Waals surface area contributed by atoms with Crippen LogP contribution in [0, 0.1) is 5.92 Å². The summed E-state index contributed by atoms with van der Waals surface area (Å²) >= 11 is 1.98. The van der Waals surface area contributed by atoms with Gasteiger partial charge in [-0.15, -0.1) is 0 Å². The zero-order valence-electron chi connectivity index (χ0n) is 16.2. The molecule has 1 aromatic carbocycles. The summed E-state index contributed by atoms with van der Waals surface area (Å²) in [5.41, 5.74) is 1.36. The fourth-order valence-corrected chi connectivity index (χ4v) is 5.34. The minimum Gasteiger partial charge on any atom is -0.454 e. The maximum atomic E-state index is 5.54. The predicted molar refractivity (Wildman–Crippen MR) is 108 cm³/mol. The first kappa shape index (κ1) is 18.5. The summed E-state index contributed by atoms with van der Waals surface area (Å²) in [4.78, 5) is 5.56. The quantitative estimate of drug-likeness (QED) is 0.725. The van der Waals surface area contributed by atoms with Crippen LogP contribution in [0.5, 0.6) is 11.5 Å². The number of ether oxygens (including phenoxy) is 2. The number of thioether (sulfide) groups is 1. The number of rotatable bonds is 7. The van der Waals surface area contributed by atoms with Gasteiger partial charge in [0.1, 0.15) is 0 Å². The second kappa shape index (κ2) is 8.41. The second-order valence-corrected chi connectivity index (χ2v) is 9.16. The summed E-state index contributed by atoms with van der Waals surface area (Å²) in [7, 11) is 0. The topological polar surface area (TPSA) is 24.9 Å². The fraction of sp³-hybridized carbons (Fsp3) is 0.714. The van der Waals surface area contributed by atoms with Crippen molar-refractivity contribution in [2.75, 3.05) is 45.0 Å². The molecule has 3 aliphatic heterocycles. The van der Waals surface area contributed by atoms with Gasteiger partial charge < -0.3 is 9.47 Å². The molecule has 2 saturated heterocycles. The van der Waals surface area contributed by atoms with Crippen LogP contribution in [-0.4, -0.2) is 66.9 Å². The monoisotopic (exact) mass is 376 g/mol. The van der Waals surface area contributed by atoms with E-state index in [1.54, 1.807) is 0 Å². The average Bonchev–Trinajstić information content (AvgIpc) is 3.27. The maximum absolute atomic E-state index is 5.54. The standard InChI is InChI=1S/C21H32N2O2S/c1-16(10-17-5-6-20-21(11-17)25-15-24-20)12-23-14-18-4-3-8-22(18)13-19(23)7-9-26-2/h5-6,11,16,18-19H,3-4,7-10,12-15H2,1-2H3/t16?,18-,19-/m0/s1. The molecule has 2 fully saturated rings. The van der Waals surface area contributed by atoms with E-state index in [2.05, 4.69) is 41.2 Å². The SMILES string of the molecule is CSCC[C@H]1CN2CCC[C@H]2CN1CC(C)Cc1ccc2c(c1)OCO2. The molecular weight excluding hydrogens is 344 g/mol. The van der Waals surface area contributed by atoms with E-state index in [1.165, 1.54) is 56.8 Å². The van der Waals surface area contributed by atoms with Crippen molar-refractivity contribution in [3.05, 3.63) is 23.8 Å². The molecule has 3 heterocycles. The van der Waals surface area contributed by atoms with E-state index in [-0.39, 0.29) is 0 Å². The van der Waals surface area contributed by atoms with Crippen LogP contribution in [0.3, 0.4) is 0 Å². The zero-order chi connectivity index (χ0) is 17.9. The molecule has 4 nitrogen and oxygen atoms in total. The molecule has 0 N–H and O–H groups in total. The van der Waals surface area contributed by atoms with E-state index < -0.39 is 0 Å². The Labute approximate surface area is 162 Å². The lowest BCUT2D eigenvalue weighted by molar-refractivity contribution is 0.0404. The summed E-state index contributed by atoms with van der Waals surface area (Å²) in [5.74, 6) is 3.72. The second-order valence-electron chi connectivity index (χ2n) is 8.18. The van der Waals surface area contributed by atoms with Crippen LogP contribution in [-0.2, 0) is 6.42 Å². The van der Waals surface area contributed by atoms with Crippen molar-refractivity contribution >= 4 is 11.8 Å². The van der Waals surface area contributed by atoms with Crippen LogP contribution in [0.1, 0.15) is 31.7 Å². The van der Waals surface area contributed by atoms with Gasteiger partial charge in [-0.2, -0.15) is 11.8 Å². The Bertz CT molecular complexity index is 612. The molecule has 0 saturated carbocycles. The van der Waals surface area contributed by atoms with Gasteiger partial charge in [0.2, 0.25) is 6.79 Å². The van der Waals surface area contributed by atoms with Gasteiger partial charge in [-0.25, -0.2) is 0 Å². The number of fused-ring (bicyclic) bond motifs is 2. The normalized spacial score (nSPS) is 26.8. The molecule has 26 heavy (non-hydrogen) atoms. The largest absolute Gasteiger partial charge is 0.454 e. The Kier molecular flexibility index (Phi) is 5.97. The molecule has 0 amide bonds. The van der Waals surface area contributed by atoms with Crippen LogP contribution in [0.25, 0.3) is 0 Å². The lowest BCUT2D eigenvalue weighted by Gasteiger charge is -2.44. The molecule has 1 unspecified atom stereocenters. The highest BCUT2D eigenvalue weighted by atomic mass is 32.2. The highest BCUT2D eigenvalue weighted by Crippen LogP contribution is 2.33. The van der Waals surface area contributed by atoms with Gasteiger partial charge in [0.25, 0.3) is 0 Å².